The molecule has 0 bridgehead atoms. The minimum absolute atomic E-state index is 0.116. The van der Waals surface area contributed by atoms with Gasteiger partial charge in [-0.25, -0.2) is 0 Å². The van der Waals surface area contributed by atoms with Crippen molar-refractivity contribution >= 4 is 27.5 Å². The Balaban J connectivity index is 1.82. The van der Waals surface area contributed by atoms with Gasteiger partial charge in [-0.15, -0.1) is 11.6 Å². The van der Waals surface area contributed by atoms with Crippen LogP contribution >= 0.6 is 27.5 Å². The van der Waals surface area contributed by atoms with Crippen molar-refractivity contribution in [2.24, 2.45) is 11.3 Å². The number of ether oxygens (including phenoxy) is 1. The average molecular weight is 331 g/mol. The minimum atomic E-state index is 0.116. The largest absolute Gasteiger partial charge is 0.377 e. The average Bonchev–Trinajstić information content (AvgIpc) is 3.12. The molecule has 18 heavy (non-hydrogen) atoms. The van der Waals surface area contributed by atoms with Crippen molar-refractivity contribution in [2.75, 3.05) is 12.5 Å². The monoisotopic (exact) mass is 329 g/mol. The summed E-state index contributed by atoms with van der Waals surface area (Å²) in [5.74, 6) is 1.42. The van der Waals surface area contributed by atoms with Gasteiger partial charge in [0.1, 0.15) is 0 Å². The lowest BCUT2D eigenvalue weighted by Gasteiger charge is -2.32. The molecule has 2 unspecified atom stereocenters. The molecule has 2 atom stereocenters. The van der Waals surface area contributed by atoms with Gasteiger partial charge in [0.25, 0.3) is 0 Å². The lowest BCUT2D eigenvalue weighted by atomic mass is 9.76. The summed E-state index contributed by atoms with van der Waals surface area (Å²) in [4.78, 5) is 4.25. The van der Waals surface area contributed by atoms with Crippen LogP contribution in [0.15, 0.2) is 22.9 Å². The molecule has 1 aliphatic heterocycles. The van der Waals surface area contributed by atoms with Gasteiger partial charge in [0, 0.05) is 34.8 Å². The number of rotatable bonds is 4. The standard InChI is InChI=1S/C14H17BrClNO/c15-12-5-10(7-17-8-12)6-14(9-16)3-4-18-13(14)11-1-2-11/h5,7-8,11,13H,1-4,6,9H2. The molecule has 1 saturated heterocycles. The van der Waals surface area contributed by atoms with Crippen LogP contribution in [-0.2, 0) is 11.2 Å². The molecule has 1 saturated carbocycles. The molecule has 0 aromatic carbocycles. The molecule has 0 radical (unpaired) electrons. The zero-order chi connectivity index (χ0) is 12.6. The van der Waals surface area contributed by atoms with Gasteiger partial charge < -0.3 is 4.74 Å². The number of aromatic nitrogens is 1. The van der Waals surface area contributed by atoms with E-state index in [1.807, 2.05) is 12.4 Å². The third-order valence-corrected chi connectivity index (χ3v) is 5.10. The molecular formula is C14H17BrClNO. The van der Waals surface area contributed by atoms with Gasteiger partial charge in [-0.2, -0.15) is 0 Å². The van der Waals surface area contributed by atoms with E-state index in [4.69, 9.17) is 16.3 Å². The summed E-state index contributed by atoms with van der Waals surface area (Å²) in [6, 6.07) is 2.14. The number of pyridine rings is 1. The van der Waals surface area contributed by atoms with Crippen LogP contribution in [0, 0.1) is 11.3 Å². The Morgan fingerprint density at radius 1 is 1.44 bits per heavy atom. The van der Waals surface area contributed by atoms with E-state index in [2.05, 4.69) is 27.0 Å². The van der Waals surface area contributed by atoms with Crippen molar-refractivity contribution in [1.82, 2.24) is 4.98 Å². The molecule has 2 nitrogen and oxygen atoms in total. The molecule has 0 amide bonds. The summed E-state index contributed by atoms with van der Waals surface area (Å²) in [7, 11) is 0. The van der Waals surface area contributed by atoms with Crippen LogP contribution in [0.3, 0.4) is 0 Å². The van der Waals surface area contributed by atoms with Gasteiger partial charge >= 0.3 is 0 Å². The summed E-state index contributed by atoms with van der Waals surface area (Å²) in [5.41, 5.74) is 1.37. The second kappa shape index (κ2) is 5.10. The zero-order valence-electron chi connectivity index (χ0n) is 10.2. The molecule has 1 aromatic rings. The first-order valence-corrected chi connectivity index (χ1v) is 7.83. The molecule has 1 aliphatic carbocycles. The number of nitrogens with zero attached hydrogens (tertiary/aromatic N) is 1. The van der Waals surface area contributed by atoms with Crippen molar-refractivity contribution in [3.8, 4) is 0 Å². The molecule has 2 heterocycles. The predicted molar refractivity (Wildman–Crippen MR) is 75.9 cm³/mol. The van der Waals surface area contributed by atoms with Gasteiger partial charge in [0.2, 0.25) is 0 Å². The first kappa shape index (κ1) is 12.9. The molecule has 0 spiro atoms. The highest BCUT2D eigenvalue weighted by Gasteiger charge is 2.50. The van der Waals surface area contributed by atoms with Crippen LogP contribution in [0.25, 0.3) is 0 Å². The van der Waals surface area contributed by atoms with E-state index in [1.54, 1.807) is 0 Å². The smallest absolute Gasteiger partial charge is 0.0674 e. The lowest BCUT2D eigenvalue weighted by Crippen LogP contribution is -2.36. The molecule has 1 aromatic heterocycles. The van der Waals surface area contributed by atoms with E-state index >= 15 is 0 Å². The van der Waals surface area contributed by atoms with Gasteiger partial charge in [-0.1, -0.05) is 0 Å². The van der Waals surface area contributed by atoms with E-state index in [0.717, 1.165) is 29.8 Å². The van der Waals surface area contributed by atoms with Gasteiger partial charge in [0.15, 0.2) is 0 Å². The Bertz CT molecular complexity index is 438. The Morgan fingerprint density at radius 3 is 2.94 bits per heavy atom. The molecule has 0 N–H and O–H groups in total. The first-order valence-electron chi connectivity index (χ1n) is 6.50. The fourth-order valence-corrected chi connectivity index (χ4v) is 3.87. The molecule has 3 rings (SSSR count). The lowest BCUT2D eigenvalue weighted by molar-refractivity contribution is 0.0402. The van der Waals surface area contributed by atoms with Crippen LogP contribution in [0.2, 0.25) is 0 Å². The van der Waals surface area contributed by atoms with Gasteiger partial charge in [0.05, 0.1) is 6.10 Å². The molecule has 4 heteroatoms. The fraction of sp³-hybridized carbons (Fsp3) is 0.643. The van der Waals surface area contributed by atoms with Crippen molar-refractivity contribution in [1.29, 1.82) is 0 Å². The van der Waals surface area contributed by atoms with Crippen LogP contribution in [0.1, 0.15) is 24.8 Å². The normalized spacial score (nSPS) is 31.8. The topological polar surface area (TPSA) is 22.1 Å². The first-order chi connectivity index (χ1) is 8.73. The molecule has 2 fully saturated rings. The number of alkyl halides is 1. The Labute approximate surface area is 121 Å². The van der Waals surface area contributed by atoms with Crippen LogP contribution in [-0.4, -0.2) is 23.6 Å². The molecule has 2 aliphatic rings. The maximum Gasteiger partial charge on any atom is 0.0674 e. The van der Waals surface area contributed by atoms with Crippen LogP contribution in [0.5, 0.6) is 0 Å². The third kappa shape index (κ3) is 2.45. The number of hydrogen-bond acceptors (Lipinski definition) is 2. The third-order valence-electron chi connectivity index (χ3n) is 4.13. The molecule has 98 valence electrons. The maximum atomic E-state index is 6.31. The quantitative estimate of drug-likeness (QED) is 0.783. The SMILES string of the molecule is ClCC1(Cc2cncc(Br)c2)CCOC1C1CC1. The second-order valence-electron chi connectivity index (χ2n) is 5.56. The Hall–Kier alpha value is -0.120. The predicted octanol–water partition coefficient (Wildman–Crippen LogP) is 3.81. The van der Waals surface area contributed by atoms with Crippen LogP contribution < -0.4 is 0 Å². The van der Waals surface area contributed by atoms with E-state index in [-0.39, 0.29) is 5.41 Å². The Kier molecular flexibility index (Phi) is 3.65. The molecular weight excluding hydrogens is 314 g/mol. The summed E-state index contributed by atoms with van der Waals surface area (Å²) in [6.45, 7) is 0.856. The van der Waals surface area contributed by atoms with Crippen LogP contribution in [0.4, 0.5) is 0 Å². The maximum absolute atomic E-state index is 6.31. The van der Waals surface area contributed by atoms with Crippen molar-refractivity contribution in [3.63, 3.8) is 0 Å². The van der Waals surface area contributed by atoms with E-state index in [1.165, 1.54) is 18.4 Å². The summed E-state index contributed by atoms with van der Waals surface area (Å²) < 4.78 is 7.00. The summed E-state index contributed by atoms with van der Waals surface area (Å²) >= 11 is 9.79. The number of hydrogen-bond donors (Lipinski definition) is 0. The highest BCUT2D eigenvalue weighted by molar-refractivity contribution is 9.10. The number of halogens is 2. The van der Waals surface area contributed by atoms with E-state index in [9.17, 15) is 0 Å². The van der Waals surface area contributed by atoms with Crippen molar-refractivity contribution < 1.29 is 4.74 Å². The highest BCUT2D eigenvalue weighted by Crippen LogP contribution is 2.50. The fourth-order valence-electron chi connectivity index (χ4n) is 3.08. The summed E-state index contributed by atoms with van der Waals surface area (Å²) in [5, 5.41) is 0. The summed E-state index contributed by atoms with van der Waals surface area (Å²) in [6.07, 6.45) is 8.78. The second-order valence-corrected chi connectivity index (χ2v) is 6.75. The van der Waals surface area contributed by atoms with Gasteiger partial charge in [-0.05, 0) is 59.2 Å². The van der Waals surface area contributed by atoms with E-state index in [0.29, 0.717) is 12.0 Å². The van der Waals surface area contributed by atoms with Crippen molar-refractivity contribution in [2.45, 2.75) is 31.8 Å². The Morgan fingerprint density at radius 2 is 2.28 bits per heavy atom. The minimum Gasteiger partial charge on any atom is -0.377 e. The highest BCUT2D eigenvalue weighted by atomic mass is 79.9. The van der Waals surface area contributed by atoms with E-state index < -0.39 is 0 Å². The van der Waals surface area contributed by atoms with Crippen molar-refractivity contribution in [3.05, 3.63) is 28.5 Å². The van der Waals surface area contributed by atoms with Gasteiger partial charge in [-0.3, -0.25) is 4.98 Å². The zero-order valence-corrected chi connectivity index (χ0v) is 12.6.